The lowest BCUT2D eigenvalue weighted by atomic mass is 10.7. The average molecular weight is 131 g/mol. The van der Waals surface area contributed by atoms with Gasteiger partial charge < -0.3 is 9.84 Å². The Hall–Kier alpha value is -1.06. The highest BCUT2D eigenvalue weighted by Gasteiger charge is 1.88. The minimum atomic E-state index is -0.953. The van der Waals surface area contributed by atoms with Gasteiger partial charge in [-0.05, 0) is 6.92 Å². The third kappa shape index (κ3) is 6.94. The number of ether oxygens (including phenoxy) is 1. The molecule has 0 heterocycles. The molecule has 9 heavy (non-hydrogen) atoms. The van der Waals surface area contributed by atoms with E-state index in [9.17, 15) is 4.79 Å². The van der Waals surface area contributed by atoms with Gasteiger partial charge in [0.15, 0.2) is 6.40 Å². The Morgan fingerprint density at radius 1 is 1.89 bits per heavy atom. The molecule has 0 aromatic carbocycles. The molecule has 0 unspecified atom stereocenters. The number of hydrogen-bond donors (Lipinski definition) is 1. The zero-order valence-corrected chi connectivity index (χ0v) is 5.20. The first-order valence-electron chi connectivity index (χ1n) is 2.59. The molecule has 0 amide bonds. The molecule has 0 fully saturated rings. The highest BCUT2D eigenvalue weighted by molar-refractivity contribution is 5.70. The second-order valence-corrected chi connectivity index (χ2v) is 1.30. The fourth-order valence-electron chi connectivity index (χ4n) is 0.243. The van der Waals surface area contributed by atoms with E-state index in [2.05, 4.69) is 9.73 Å². The molecule has 0 rings (SSSR count). The Morgan fingerprint density at radius 2 is 2.56 bits per heavy atom. The van der Waals surface area contributed by atoms with Gasteiger partial charge in [0.2, 0.25) is 0 Å². The molecule has 52 valence electrons. The Bertz CT molecular complexity index is 111. The van der Waals surface area contributed by atoms with E-state index in [0.717, 1.165) is 6.40 Å². The number of carboxylic acids is 1. The van der Waals surface area contributed by atoms with Gasteiger partial charge in [0.1, 0.15) is 6.54 Å². The fourth-order valence-corrected chi connectivity index (χ4v) is 0.243. The van der Waals surface area contributed by atoms with Gasteiger partial charge in [0, 0.05) is 0 Å². The SMILES string of the molecule is CCOC=NCC(=O)O. The normalized spacial score (nSPS) is 9.89. The average Bonchev–Trinajstić information content (AvgIpc) is 1.80. The standard InChI is InChI=1S/C5H9NO3/c1-2-9-4-6-3-5(7)8/h4H,2-3H2,1H3,(H,7,8). The summed E-state index contributed by atoms with van der Waals surface area (Å²) in [5.41, 5.74) is 0. The van der Waals surface area contributed by atoms with Gasteiger partial charge in [-0.1, -0.05) is 0 Å². The van der Waals surface area contributed by atoms with Gasteiger partial charge in [-0.3, -0.25) is 4.79 Å². The summed E-state index contributed by atoms with van der Waals surface area (Å²) in [7, 11) is 0. The van der Waals surface area contributed by atoms with Gasteiger partial charge in [-0.25, -0.2) is 4.99 Å². The molecule has 0 saturated heterocycles. The van der Waals surface area contributed by atoms with Crippen LogP contribution in [0.2, 0.25) is 0 Å². The predicted octanol–water partition coefficient (Wildman–Crippen LogP) is 0.136. The van der Waals surface area contributed by atoms with E-state index in [-0.39, 0.29) is 6.54 Å². The predicted molar refractivity (Wildman–Crippen MR) is 32.6 cm³/mol. The van der Waals surface area contributed by atoms with Crippen LogP contribution in [-0.4, -0.2) is 30.6 Å². The summed E-state index contributed by atoms with van der Waals surface area (Å²) in [6.45, 7) is 2.09. The topological polar surface area (TPSA) is 58.9 Å². The van der Waals surface area contributed by atoms with Crippen molar-refractivity contribution >= 4 is 12.4 Å². The molecule has 0 aliphatic carbocycles. The van der Waals surface area contributed by atoms with E-state index in [1.165, 1.54) is 0 Å². The van der Waals surface area contributed by atoms with Crippen LogP contribution in [0.5, 0.6) is 0 Å². The Kier molecular flexibility index (Phi) is 4.49. The summed E-state index contributed by atoms with van der Waals surface area (Å²) in [5, 5.41) is 8.04. The van der Waals surface area contributed by atoms with E-state index in [0.29, 0.717) is 6.61 Å². The molecular weight excluding hydrogens is 122 g/mol. The van der Waals surface area contributed by atoms with Crippen LogP contribution in [0.3, 0.4) is 0 Å². The van der Waals surface area contributed by atoms with Crippen molar-refractivity contribution < 1.29 is 14.6 Å². The van der Waals surface area contributed by atoms with Crippen molar-refractivity contribution in [1.29, 1.82) is 0 Å². The van der Waals surface area contributed by atoms with Crippen molar-refractivity contribution in [1.82, 2.24) is 0 Å². The number of carboxylic acid groups (broad SMARTS) is 1. The fraction of sp³-hybridized carbons (Fsp3) is 0.600. The van der Waals surface area contributed by atoms with Crippen molar-refractivity contribution in [3.05, 3.63) is 0 Å². The van der Waals surface area contributed by atoms with Crippen molar-refractivity contribution in [2.75, 3.05) is 13.2 Å². The maximum absolute atomic E-state index is 9.79. The van der Waals surface area contributed by atoms with Crippen LogP contribution in [0.1, 0.15) is 6.92 Å². The number of hydrogen-bond acceptors (Lipinski definition) is 3. The van der Waals surface area contributed by atoms with Crippen LogP contribution in [0, 0.1) is 0 Å². The summed E-state index contributed by atoms with van der Waals surface area (Å²) < 4.78 is 4.63. The summed E-state index contributed by atoms with van der Waals surface area (Å²) in [5.74, 6) is -0.953. The molecule has 4 nitrogen and oxygen atoms in total. The van der Waals surface area contributed by atoms with Crippen LogP contribution in [-0.2, 0) is 9.53 Å². The molecule has 0 aliphatic rings. The minimum Gasteiger partial charge on any atom is -0.484 e. The molecule has 0 spiro atoms. The van der Waals surface area contributed by atoms with Crippen LogP contribution in [0.25, 0.3) is 0 Å². The highest BCUT2D eigenvalue weighted by atomic mass is 16.5. The highest BCUT2D eigenvalue weighted by Crippen LogP contribution is 1.69. The van der Waals surface area contributed by atoms with Crippen LogP contribution < -0.4 is 0 Å². The number of rotatable bonds is 4. The summed E-state index contributed by atoms with van der Waals surface area (Å²) >= 11 is 0. The number of nitrogens with zero attached hydrogens (tertiary/aromatic N) is 1. The van der Waals surface area contributed by atoms with Gasteiger partial charge in [-0.15, -0.1) is 0 Å². The summed E-state index contributed by atoms with van der Waals surface area (Å²) in [6, 6.07) is 0. The van der Waals surface area contributed by atoms with E-state index in [4.69, 9.17) is 5.11 Å². The number of aliphatic imine (C=N–C) groups is 1. The molecule has 0 aromatic heterocycles. The third-order valence-corrected chi connectivity index (χ3v) is 0.542. The Morgan fingerprint density at radius 3 is 3.00 bits per heavy atom. The van der Waals surface area contributed by atoms with E-state index >= 15 is 0 Å². The maximum Gasteiger partial charge on any atom is 0.325 e. The van der Waals surface area contributed by atoms with E-state index < -0.39 is 5.97 Å². The first-order chi connectivity index (χ1) is 4.27. The molecule has 0 aliphatic heterocycles. The van der Waals surface area contributed by atoms with Gasteiger partial charge in [-0.2, -0.15) is 0 Å². The van der Waals surface area contributed by atoms with Gasteiger partial charge in [0.25, 0.3) is 0 Å². The second kappa shape index (κ2) is 5.08. The van der Waals surface area contributed by atoms with Crippen molar-refractivity contribution in [3.8, 4) is 0 Å². The van der Waals surface area contributed by atoms with Crippen LogP contribution in [0.4, 0.5) is 0 Å². The first kappa shape index (κ1) is 7.94. The Balaban J connectivity index is 3.14. The van der Waals surface area contributed by atoms with Crippen molar-refractivity contribution in [2.24, 2.45) is 4.99 Å². The lowest BCUT2D eigenvalue weighted by molar-refractivity contribution is -0.135. The summed E-state index contributed by atoms with van der Waals surface area (Å²) in [4.78, 5) is 13.2. The molecule has 0 bridgehead atoms. The maximum atomic E-state index is 9.79. The van der Waals surface area contributed by atoms with Crippen LogP contribution >= 0.6 is 0 Å². The van der Waals surface area contributed by atoms with Crippen molar-refractivity contribution in [2.45, 2.75) is 6.92 Å². The molecular formula is C5H9NO3. The first-order valence-corrected chi connectivity index (χ1v) is 2.59. The quantitative estimate of drug-likeness (QED) is 0.436. The monoisotopic (exact) mass is 131 g/mol. The van der Waals surface area contributed by atoms with Gasteiger partial charge >= 0.3 is 5.97 Å². The van der Waals surface area contributed by atoms with E-state index in [1.807, 2.05) is 0 Å². The zero-order chi connectivity index (χ0) is 7.11. The van der Waals surface area contributed by atoms with Crippen LogP contribution in [0.15, 0.2) is 4.99 Å². The molecule has 0 atom stereocenters. The third-order valence-electron chi connectivity index (χ3n) is 0.542. The zero-order valence-electron chi connectivity index (χ0n) is 5.20. The number of carbonyl (C=O) groups is 1. The second-order valence-electron chi connectivity index (χ2n) is 1.30. The van der Waals surface area contributed by atoms with Crippen molar-refractivity contribution in [3.63, 3.8) is 0 Å². The molecule has 0 radical (unpaired) electrons. The molecule has 0 aromatic rings. The largest absolute Gasteiger partial charge is 0.484 e. The molecule has 1 N–H and O–H groups in total. The van der Waals surface area contributed by atoms with E-state index in [1.54, 1.807) is 6.92 Å². The molecule has 4 heteroatoms. The molecule has 0 saturated carbocycles. The number of aliphatic carboxylic acids is 1. The minimum absolute atomic E-state index is 0.222. The lowest BCUT2D eigenvalue weighted by Crippen LogP contribution is -1.99. The lowest BCUT2D eigenvalue weighted by Gasteiger charge is -1.88. The van der Waals surface area contributed by atoms with Gasteiger partial charge in [0.05, 0.1) is 6.61 Å². The summed E-state index contributed by atoms with van der Waals surface area (Å²) in [6.07, 6.45) is 1.15. The Labute approximate surface area is 53.2 Å². The smallest absolute Gasteiger partial charge is 0.325 e.